The van der Waals surface area contributed by atoms with Gasteiger partial charge in [-0.25, -0.2) is 9.59 Å². The Morgan fingerprint density at radius 3 is 2.36 bits per heavy atom. The first-order valence-electron chi connectivity index (χ1n) is 16.2. The zero-order valence-corrected chi connectivity index (χ0v) is 27.2. The number of phenols is 1. The molecule has 3 saturated heterocycles. The van der Waals surface area contributed by atoms with Crippen LogP contribution in [0, 0.1) is 0 Å². The number of likely N-dealkylation sites (tertiary alicyclic amines) is 2. The van der Waals surface area contributed by atoms with Gasteiger partial charge < -0.3 is 35.2 Å². The Bertz CT molecular complexity index is 1380. The number of amides is 4. The van der Waals surface area contributed by atoms with Crippen LogP contribution >= 0.6 is 15.9 Å². The number of hydrogen-bond acceptors (Lipinski definition) is 7. The monoisotopic (exact) mass is 684 g/mol. The first-order chi connectivity index (χ1) is 21.9. The third-order valence-electron chi connectivity index (χ3n) is 9.70. The summed E-state index contributed by atoms with van der Waals surface area (Å²) < 4.78 is 6.52. The third-order valence-corrected chi connectivity index (χ3v) is 10.3. The van der Waals surface area contributed by atoms with Crippen molar-refractivity contribution in [3.63, 3.8) is 0 Å². The van der Waals surface area contributed by atoms with Crippen LogP contribution < -0.4 is 10.6 Å². The van der Waals surface area contributed by atoms with Crippen molar-refractivity contribution in [2.24, 2.45) is 0 Å². The number of anilines is 1. The Kier molecular flexibility index (Phi) is 10.1. The van der Waals surface area contributed by atoms with Gasteiger partial charge in [-0.3, -0.25) is 9.69 Å². The fourth-order valence-electron chi connectivity index (χ4n) is 7.07. The average Bonchev–Trinajstić information content (AvgIpc) is 3.24. The molecule has 244 valence electrons. The van der Waals surface area contributed by atoms with Crippen molar-refractivity contribution in [2.75, 3.05) is 64.2 Å². The number of benzene rings is 2. The minimum absolute atomic E-state index is 0. The maximum absolute atomic E-state index is 13.9. The van der Waals surface area contributed by atoms with Gasteiger partial charge >= 0.3 is 12.1 Å². The molecule has 0 unspecified atom stereocenters. The summed E-state index contributed by atoms with van der Waals surface area (Å²) in [5.41, 5.74) is 2.77. The molecule has 45 heavy (non-hydrogen) atoms. The second-order valence-corrected chi connectivity index (χ2v) is 13.3. The molecular formula is C33H45BrN6O5. The summed E-state index contributed by atoms with van der Waals surface area (Å²) in [6, 6.07) is 13.3. The molecule has 11 nitrogen and oxygen atoms in total. The van der Waals surface area contributed by atoms with Crippen LogP contribution in [0.15, 0.2) is 46.9 Å². The van der Waals surface area contributed by atoms with E-state index < -0.39 is 12.2 Å². The summed E-state index contributed by atoms with van der Waals surface area (Å²) in [5, 5.41) is 16.4. The molecule has 0 radical (unpaired) electrons. The zero-order chi connectivity index (χ0) is 31.3. The van der Waals surface area contributed by atoms with Crippen molar-refractivity contribution < 1.29 is 25.7 Å². The number of aromatic hydroxyl groups is 1. The molecule has 6 rings (SSSR count). The standard InChI is InChI=1S/C33H43BrN6O5.H2/c34-27-21-23(5-6-29(27)41)22-30(31(42)38-14-8-25(9-15-38)37-19-12-35-13-20-37)45-33(44)39-16-10-26(11-17-39)40-18-7-24-3-1-2-4-28(24)36-32(40)43;/h1-6,21,25-26,30,35,41H,7-20,22H2,(H,36,43);1H/t30-;/m1./s1. The summed E-state index contributed by atoms with van der Waals surface area (Å²) in [5.74, 6) is -0.0690. The largest absolute Gasteiger partial charge is 0.507 e. The fraction of sp³-hybridized carbons (Fsp3) is 0.545. The number of nitrogens with one attached hydrogen (secondary N) is 2. The van der Waals surface area contributed by atoms with Gasteiger partial charge in [0.1, 0.15) is 5.75 Å². The van der Waals surface area contributed by atoms with Gasteiger partial charge in [-0.2, -0.15) is 0 Å². The number of urea groups is 1. The summed E-state index contributed by atoms with van der Waals surface area (Å²) in [6.45, 7) is 6.84. The van der Waals surface area contributed by atoms with Gasteiger partial charge in [0.15, 0.2) is 6.10 Å². The van der Waals surface area contributed by atoms with E-state index in [-0.39, 0.29) is 31.6 Å². The van der Waals surface area contributed by atoms with Crippen molar-refractivity contribution in [2.45, 2.75) is 56.7 Å². The molecule has 4 aliphatic rings. The number of para-hydroxylation sites is 1. The van der Waals surface area contributed by atoms with Crippen LogP contribution in [0.4, 0.5) is 15.3 Å². The highest BCUT2D eigenvalue weighted by atomic mass is 79.9. The number of halogens is 1. The highest BCUT2D eigenvalue weighted by Crippen LogP contribution is 2.28. The van der Waals surface area contributed by atoms with Crippen LogP contribution in [0.5, 0.6) is 5.75 Å². The molecule has 1 atom stereocenters. The molecule has 0 aliphatic carbocycles. The second kappa shape index (κ2) is 14.4. The number of piperazine rings is 1. The number of rotatable bonds is 6. The Labute approximate surface area is 274 Å². The SMILES string of the molecule is O=C(O[C@H](Cc1ccc(O)c(Br)c1)C(=O)N1CCC(N2CCNCC2)CC1)N1CCC(N2CCc3ccccc3NC2=O)CC1.[HH]. The lowest BCUT2D eigenvalue weighted by Gasteiger charge is -2.41. The molecule has 2 aromatic carbocycles. The van der Waals surface area contributed by atoms with Gasteiger partial charge in [-0.05, 0) is 77.4 Å². The number of carbonyl (C=O) groups is 3. The summed E-state index contributed by atoms with van der Waals surface area (Å²) in [7, 11) is 0. The first kappa shape index (κ1) is 31.6. The molecule has 4 amide bonds. The Morgan fingerprint density at radius 2 is 1.62 bits per heavy atom. The van der Waals surface area contributed by atoms with Crippen LogP contribution in [0.1, 0.15) is 38.2 Å². The van der Waals surface area contributed by atoms with Crippen molar-refractivity contribution in [3.8, 4) is 5.75 Å². The van der Waals surface area contributed by atoms with Gasteiger partial charge in [0.05, 0.1) is 4.47 Å². The number of nitrogens with zero attached hydrogens (tertiary/aromatic N) is 4. The molecule has 12 heteroatoms. The lowest BCUT2D eigenvalue weighted by Crippen LogP contribution is -2.54. The van der Waals surface area contributed by atoms with Crippen LogP contribution in [0.25, 0.3) is 0 Å². The van der Waals surface area contributed by atoms with E-state index in [2.05, 4.69) is 31.5 Å². The average molecular weight is 686 g/mol. The van der Waals surface area contributed by atoms with Gasteiger partial charge in [0.25, 0.3) is 5.91 Å². The Balaban J connectivity index is 0.00000417. The van der Waals surface area contributed by atoms with E-state index in [9.17, 15) is 19.5 Å². The quantitative estimate of drug-likeness (QED) is 0.423. The van der Waals surface area contributed by atoms with Crippen LogP contribution in [0.2, 0.25) is 0 Å². The van der Waals surface area contributed by atoms with Gasteiger partial charge in [-0.1, -0.05) is 24.3 Å². The number of hydrogen-bond donors (Lipinski definition) is 3. The van der Waals surface area contributed by atoms with Crippen LogP contribution in [0.3, 0.4) is 0 Å². The van der Waals surface area contributed by atoms with Crippen molar-refractivity contribution >= 4 is 39.6 Å². The number of piperidine rings is 2. The third kappa shape index (κ3) is 7.56. The molecule has 0 bridgehead atoms. The highest BCUT2D eigenvalue weighted by Gasteiger charge is 2.36. The van der Waals surface area contributed by atoms with Gasteiger partial charge in [-0.15, -0.1) is 0 Å². The lowest BCUT2D eigenvalue weighted by atomic mass is 10.0. The molecular weight excluding hydrogens is 640 g/mol. The molecule has 0 spiro atoms. The number of ether oxygens (including phenoxy) is 1. The minimum atomic E-state index is -0.975. The zero-order valence-electron chi connectivity index (χ0n) is 25.6. The van der Waals surface area contributed by atoms with Crippen LogP contribution in [-0.2, 0) is 22.4 Å². The van der Waals surface area contributed by atoms with E-state index in [0.717, 1.165) is 62.3 Å². The normalized spacial score (nSPS) is 21.1. The van der Waals surface area contributed by atoms with E-state index >= 15 is 0 Å². The van der Waals surface area contributed by atoms with E-state index in [1.54, 1.807) is 23.1 Å². The molecule has 3 fully saturated rings. The molecule has 4 heterocycles. The van der Waals surface area contributed by atoms with Crippen LogP contribution in [-0.4, -0.2) is 120 Å². The summed E-state index contributed by atoms with van der Waals surface area (Å²) in [4.78, 5) is 48.3. The van der Waals surface area contributed by atoms with E-state index in [4.69, 9.17) is 4.74 Å². The fourth-order valence-corrected chi connectivity index (χ4v) is 7.49. The van der Waals surface area contributed by atoms with Crippen molar-refractivity contribution in [3.05, 3.63) is 58.1 Å². The maximum Gasteiger partial charge on any atom is 0.410 e. The van der Waals surface area contributed by atoms with E-state index in [0.29, 0.717) is 56.1 Å². The Hall–Kier alpha value is -3.35. The minimum Gasteiger partial charge on any atom is -0.507 e. The molecule has 3 N–H and O–H groups in total. The number of fused-ring (bicyclic) bond motifs is 1. The van der Waals surface area contributed by atoms with Gasteiger partial charge in [0, 0.05) is 84.5 Å². The summed E-state index contributed by atoms with van der Waals surface area (Å²) >= 11 is 3.36. The molecule has 4 aliphatic heterocycles. The predicted octanol–water partition coefficient (Wildman–Crippen LogP) is 3.90. The summed E-state index contributed by atoms with van der Waals surface area (Å²) in [6.07, 6.45) is 2.60. The number of carbonyl (C=O) groups excluding carboxylic acids is 3. The topological polar surface area (TPSA) is 118 Å². The van der Waals surface area contributed by atoms with Crippen molar-refractivity contribution in [1.82, 2.24) is 24.9 Å². The molecule has 2 aromatic rings. The Morgan fingerprint density at radius 1 is 0.933 bits per heavy atom. The first-order valence-corrected chi connectivity index (χ1v) is 17.0. The molecule has 0 saturated carbocycles. The highest BCUT2D eigenvalue weighted by molar-refractivity contribution is 9.10. The molecule has 0 aromatic heterocycles. The second-order valence-electron chi connectivity index (χ2n) is 12.5. The number of phenolic OH excluding ortho intramolecular Hbond substituents is 1. The van der Waals surface area contributed by atoms with E-state index in [1.807, 2.05) is 34.1 Å². The van der Waals surface area contributed by atoms with E-state index in [1.165, 1.54) is 0 Å². The lowest BCUT2D eigenvalue weighted by molar-refractivity contribution is -0.142. The smallest absolute Gasteiger partial charge is 0.410 e. The predicted molar refractivity (Wildman–Crippen MR) is 176 cm³/mol. The van der Waals surface area contributed by atoms with Gasteiger partial charge in [0.2, 0.25) is 0 Å². The maximum atomic E-state index is 13.9. The van der Waals surface area contributed by atoms with Crippen molar-refractivity contribution in [1.29, 1.82) is 0 Å².